The lowest BCUT2D eigenvalue weighted by Gasteiger charge is -2.33. The largest absolute Gasteiger partial charge is 0.435 e. The summed E-state index contributed by atoms with van der Waals surface area (Å²) in [6.45, 7) is 2.44. The van der Waals surface area contributed by atoms with Crippen LogP contribution in [0.3, 0.4) is 0 Å². The van der Waals surface area contributed by atoms with Crippen molar-refractivity contribution in [3.8, 4) is 11.8 Å². The second-order valence-corrected chi connectivity index (χ2v) is 8.66. The number of hydrogen-bond donors (Lipinski definition) is 1. The molecule has 1 aromatic heterocycles. The zero-order chi connectivity index (χ0) is 25.6. The van der Waals surface area contributed by atoms with E-state index in [1.807, 2.05) is 26.8 Å². The van der Waals surface area contributed by atoms with Crippen molar-refractivity contribution in [3.63, 3.8) is 0 Å². The number of hydrogen-bond acceptors (Lipinski definition) is 5. The molecule has 1 unspecified atom stereocenters. The van der Waals surface area contributed by atoms with Crippen LogP contribution in [0.4, 0.5) is 14.5 Å². The van der Waals surface area contributed by atoms with Gasteiger partial charge in [0.25, 0.3) is 5.91 Å². The molecule has 7 nitrogen and oxygen atoms in total. The number of carbonyl (C=O) groups is 2. The molecule has 0 fully saturated rings. The molecule has 3 aromatic rings. The number of pyridine rings is 1. The van der Waals surface area contributed by atoms with Crippen molar-refractivity contribution in [3.05, 3.63) is 89.7 Å². The Morgan fingerprint density at radius 3 is 2.23 bits per heavy atom. The lowest BCUT2D eigenvalue weighted by Crippen LogP contribution is -2.49. The molecule has 0 aliphatic heterocycles. The van der Waals surface area contributed by atoms with E-state index in [1.165, 1.54) is 59.6 Å². The summed E-state index contributed by atoms with van der Waals surface area (Å²) >= 11 is 0. The monoisotopic (exact) mass is 478 g/mol. The third-order valence-electron chi connectivity index (χ3n) is 4.82. The molecule has 0 saturated carbocycles. The van der Waals surface area contributed by atoms with Crippen molar-refractivity contribution >= 4 is 17.5 Å². The second-order valence-electron chi connectivity index (χ2n) is 8.66. The van der Waals surface area contributed by atoms with Crippen molar-refractivity contribution < 1.29 is 23.1 Å². The molecule has 9 heteroatoms. The van der Waals surface area contributed by atoms with E-state index in [9.17, 15) is 18.4 Å². The lowest BCUT2D eigenvalue weighted by atomic mass is 10.0. The first-order valence-electron chi connectivity index (χ1n) is 10.7. The molecular formula is C26H24F2N4O3. The zero-order valence-corrected chi connectivity index (χ0v) is 19.4. The van der Waals surface area contributed by atoms with Crippen LogP contribution < -0.4 is 15.0 Å². The molecule has 35 heavy (non-hydrogen) atoms. The minimum atomic E-state index is -3.00. The van der Waals surface area contributed by atoms with Crippen molar-refractivity contribution in [2.75, 3.05) is 4.90 Å². The van der Waals surface area contributed by atoms with Gasteiger partial charge in [0, 0.05) is 34.7 Å². The van der Waals surface area contributed by atoms with Crippen LogP contribution in [-0.4, -0.2) is 28.9 Å². The number of benzene rings is 2. The molecule has 1 heterocycles. The predicted molar refractivity (Wildman–Crippen MR) is 126 cm³/mol. The van der Waals surface area contributed by atoms with Crippen LogP contribution in [0.5, 0.6) is 5.75 Å². The summed E-state index contributed by atoms with van der Waals surface area (Å²) in [5.74, 6) is -1.08. The Labute approximate surface area is 202 Å². The predicted octanol–water partition coefficient (Wildman–Crippen LogP) is 4.86. The van der Waals surface area contributed by atoms with Gasteiger partial charge >= 0.3 is 6.61 Å². The van der Waals surface area contributed by atoms with Gasteiger partial charge in [-0.1, -0.05) is 6.07 Å². The third-order valence-corrected chi connectivity index (χ3v) is 4.82. The topological polar surface area (TPSA) is 95.3 Å². The highest BCUT2D eigenvalue weighted by atomic mass is 19.3. The molecule has 0 aliphatic carbocycles. The first kappa shape index (κ1) is 25.3. The van der Waals surface area contributed by atoms with Gasteiger partial charge < -0.3 is 10.1 Å². The van der Waals surface area contributed by atoms with E-state index >= 15 is 0 Å². The van der Waals surface area contributed by atoms with Crippen LogP contribution in [-0.2, 0) is 4.79 Å². The molecule has 0 radical (unpaired) electrons. The number of halogens is 2. The maximum absolute atomic E-state index is 13.8. The standard InChI is InChI=1S/C26H24F2N4O3/c1-26(2,3)31-23(33)22(19-5-4-14-30-16-19)32(20-10-12-21(13-11-20)35-25(27)28)24(34)18-8-6-17(15-29)7-9-18/h4-14,16,22,25H,1-3H3,(H,31,33). The number of amides is 2. The van der Waals surface area contributed by atoms with Gasteiger partial charge in [-0.25, -0.2) is 0 Å². The smallest absolute Gasteiger partial charge is 0.387 e. The van der Waals surface area contributed by atoms with Crippen molar-refractivity contribution in [2.45, 2.75) is 39.0 Å². The highest BCUT2D eigenvalue weighted by Gasteiger charge is 2.35. The number of aromatic nitrogens is 1. The minimum Gasteiger partial charge on any atom is -0.435 e. The number of nitrogens with zero attached hydrogens (tertiary/aromatic N) is 3. The minimum absolute atomic E-state index is 0.0911. The van der Waals surface area contributed by atoms with Crippen LogP contribution in [0.2, 0.25) is 0 Å². The zero-order valence-electron chi connectivity index (χ0n) is 19.4. The second kappa shape index (κ2) is 10.7. The Hall–Kier alpha value is -4.32. The third kappa shape index (κ3) is 6.60. The average molecular weight is 478 g/mol. The van der Waals surface area contributed by atoms with Crippen molar-refractivity contribution in [1.29, 1.82) is 5.26 Å². The van der Waals surface area contributed by atoms with Crippen molar-refractivity contribution in [1.82, 2.24) is 10.3 Å². The van der Waals surface area contributed by atoms with E-state index in [-0.39, 0.29) is 17.0 Å². The van der Waals surface area contributed by atoms with Gasteiger partial charge in [0.15, 0.2) is 0 Å². The lowest BCUT2D eigenvalue weighted by molar-refractivity contribution is -0.123. The fourth-order valence-electron chi connectivity index (χ4n) is 3.39. The maximum atomic E-state index is 13.8. The summed E-state index contributed by atoms with van der Waals surface area (Å²) < 4.78 is 29.7. The maximum Gasteiger partial charge on any atom is 0.387 e. The van der Waals surface area contributed by atoms with E-state index in [4.69, 9.17) is 5.26 Å². The van der Waals surface area contributed by atoms with Crippen LogP contribution in [0.1, 0.15) is 48.3 Å². The quantitative estimate of drug-likeness (QED) is 0.523. The Morgan fingerprint density at radius 2 is 1.71 bits per heavy atom. The number of ether oxygens (including phenoxy) is 1. The van der Waals surface area contributed by atoms with Crippen LogP contribution in [0.15, 0.2) is 73.1 Å². The molecule has 2 aromatic carbocycles. The van der Waals surface area contributed by atoms with Crippen molar-refractivity contribution in [2.24, 2.45) is 0 Å². The van der Waals surface area contributed by atoms with Gasteiger partial charge in [0.05, 0.1) is 11.6 Å². The first-order chi connectivity index (χ1) is 16.6. The Bertz CT molecular complexity index is 1200. The molecule has 0 saturated heterocycles. The van der Waals surface area contributed by atoms with Gasteiger partial charge in [-0.15, -0.1) is 0 Å². The number of anilines is 1. The van der Waals surface area contributed by atoms with E-state index < -0.39 is 30.0 Å². The highest BCUT2D eigenvalue weighted by molar-refractivity contribution is 6.10. The summed E-state index contributed by atoms with van der Waals surface area (Å²) in [4.78, 5) is 32.7. The number of nitriles is 1. The molecule has 0 bridgehead atoms. The van der Waals surface area contributed by atoms with Crippen LogP contribution in [0, 0.1) is 11.3 Å². The van der Waals surface area contributed by atoms with Crippen LogP contribution >= 0.6 is 0 Å². The van der Waals surface area contributed by atoms with E-state index in [0.29, 0.717) is 11.1 Å². The number of rotatable bonds is 7. The SMILES string of the molecule is CC(C)(C)NC(=O)C(c1cccnc1)N(C(=O)c1ccc(C#N)cc1)c1ccc(OC(F)F)cc1. The Morgan fingerprint density at radius 1 is 1.06 bits per heavy atom. The van der Waals surface area contributed by atoms with E-state index in [2.05, 4.69) is 15.0 Å². The molecule has 3 rings (SSSR count). The molecule has 180 valence electrons. The van der Waals surface area contributed by atoms with E-state index in [0.717, 1.165) is 0 Å². The van der Waals surface area contributed by atoms with Gasteiger partial charge in [-0.05, 0) is 75.4 Å². The molecule has 2 amide bonds. The van der Waals surface area contributed by atoms with Gasteiger partial charge in [0.2, 0.25) is 5.91 Å². The van der Waals surface area contributed by atoms with Gasteiger partial charge in [-0.2, -0.15) is 14.0 Å². The summed E-state index contributed by atoms with van der Waals surface area (Å²) in [7, 11) is 0. The number of carbonyl (C=O) groups excluding carboxylic acids is 2. The molecular weight excluding hydrogens is 454 g/mol. The van der Waals surface area contributed by atoms with Gasteiger partial charge in [0.1, 0.15) is 11.8 Å². The fourth-order valence-corrected chi connectivity index (χ4v) is 3.39. The normalized spacial score (nSPS) is 11.9. The Kier molecular flexibility index (Phi) is 7.76. The summed E-state index contributed by atoms with van der Waals surface area (Å²) in [6.07, 6.45) is 3.03. The summed E-state index contributed by atoms with van der Waals surface area (Å²) in [5, 5.41) is 12.0. The first-order valence-corrected chi connectivity index (χ1v) is 10.7. The highest BCUT2D eigenvalue weighted by Crippen LogP contribution is 2.31. The molecule has 1 N–H and O–H groups in total. The van der Waals surface area contributed by atoms with Gasteiger partial charge in [-0.3, -0.25) is 19.5 Å². The number of alkyl halides is 2. The fraction of sp³-hybridized carbons (Fsp3) is 0.231. The molecule has 0 aliphatic rings. The molecule has 1 atom stereocenters. The molecule has 0 spiro atoms. The average Bonchev–Trinajstić information content (AvgIpc) is 2.82. The number of nitrogens with one attached hydrogen (secondary N) is 1. The van der Waals surface area contributed by atoms with E-state index in [1.54, 1.807) is 18.3 Å². The summed E-state index contributed by atoms with van der Waals surface area (Å²) in [5.41, 5.74) is 0.726. The van der Waals surface area contributed by atoms with Crippen LogP contribution in [0.25, 0.3) is 0 Å². The Balaban J connectivity index is 2.15. The summed E-state index contributed by atoms with van der Waals surface area (Å²) in [6, 6.07) is 15.6.